The fourth-order valence-electron chi connectivity index (χ4n) is 3.64. The molecule has 0 radical (unpaired) electrons. The van der Waals surface area contributed by atoms with Crippen LogP contribution >= 0.6 is 0 Å². The molecule has 128 valence electrons. The van der Waals surface area contributed by atoms with Crippen LogP contribution in [0.1, 0.15) is 24.1 Å². The topological polar surface area (TPSA) is 91.2 Å². The third kappa shape index (κ3) is 3.27. The number of nitriles is 1. The average molecular weight is 336 g/mol. The number of nitrogens with one attached hydrogen (secondary N) is 1. The molecule has 0 aliphatic heterocycles. The van der Waals surface area contributed by atoms with Crippen LogP contribution in [0.25, 0.3) is 5.65 Å². The normalized spacial score (nSPS) is 23.1. The molecule has 1 aliphatic carbocycles. The summed E-state index contributed by atoms with van der Waals surface area (Å²) in [7, 11) is 0. The van der Waals surface area contributed by atoms with Crippen LogP contribution < -0.4 is 5.32 Å². The van der Waals surface area contributed by atoms with E-state index in [1.807, 2.05) is 29.2 Å². The second-order valence-electron chi connectivity index (χ2n) is 6.66. The fourth-order valence-corrected chi connectivity index (χ4v) is 3.64. The van der Waals surface area contributed by atoms with Crippen LogP contribution in [-0.4, -0.2) is 36.2 Å². The molecule has 1 fully saturated rings. The summed E-state index contributed by atoms with van der Waals surface area (Å²) in [4.78, 5) is 8.43. The smallest absolute Gasteiger partial charge is 0.137 e. The van der Waals surface area contributed by atoms with Gasteiger partial charge in [-0.05, 0) is 30.9 Å². The Balaban J connectivity index is 1.40. The number of aromatic nitrogens is 4. The summed E-state index contributed by atoms with van der Waals surface area (Å²) < 4.78 is 3.99. The van der Waals surface area contributed by atoms with Gasteiger partial charge in [0.05, 0.1) is 29.9 Å². The highest BCUT2D eigenvalue weighted by Crippen LogP contribution is 2.27. The summed E-state index contributed by atoms with van der Waals surface area (Å²) in [6.07, 6.45) is 10.5. The van der Waals surface area contributed by atoms with E-state index in [0.29, 0.717) is 18.0 Å². The van der Waals surface area contributed by atoms with Gasteiger partial charge in [0, 0.05) is 37.7 Å². The highest BCUT2D eigenvalue weighted by molar-refractivity contribution is 5.44. The number of fused-ring (bicyclic) bond motifs is 1. The van der Waals surface area contributed by atoms with Gasteiger partial charge in [0.25, 0.3) is 0 Å². The SMILES string of the molecule is N#Cc1ccc2ncc(CN[C@@H]3CC(Cn4ccnc4)C[C@H]3O)n2c1. The summed E-state index contributed by atoms with van der Waals surface area (Å²) >= 11 is 0. The van der Waals surface area contributed by atoms with Gasteiger partial charge < -0.3 is 19.4 Å². The number of rotatable bonds is 5. The highest BCUT2D eigenvalue weighted by atomic mass is 16.3. The van der Waals surface area contributed by atoms with E-state index in [1.54, 1.807) is 18.5 Å². The number of pyridine rings is 1. The molecular weight excluding hydrogens is 316 g/mol. The van der Waals surface area contributed by atoms with Crippen molar-refractivity contribution < 1.29 is 5.11 Å². The van der Waals surface area contributed by atoms with Gasteiger partial charge in [0.1, 0.15) is 11.7 Å². The van der Waals surface area contributed by atoms with E-state index in [1.165, 1.54) is 0 Å². The number of hydrogen-bond acceptors (Lipinski definition) is 5. The lowest BCUT2D eigenvalue weighted by atomic mass is 10.1. The second-order valence-corrected chi connectivity index (χ2v) is 6.66. The molecule has 3 atom stereocenters. The Hall–Kier alpha value is -2.69. The fraction of sp³-hybridized carbons (Fsp3) is 0.389. The first-order valence-electron chi connectivity index (χ1n) is 8.46. The molecule has 7 nitrogen and oxygen atoms in total. The van der Waals surface area contributed by atoms with Crippen molar-refractivity contribution in [1.29, 1.82) is 5.26 Å². The van der Waals surface area contributed by atoms with E-state index < -0.39 is 0 Å². The lowest BCUT2D eigenvalue weighted by molar-refractivity contribution is 0.145. The van der Waals surface area contributed by atoms with Gasteiger partial charge in [-0.1, -0.05) is 0 Å². The van der Waals surface area contributed by atoms with Crippen LogP contribution in [-0.2, 0) is 13.1 Å². The summed E-state index contributed by atoms with van der Waals surface area (Å²) in [6, 6.07) is 5.82. The zero-order chi connectivity index (χ0) is 17.2. The standard InChI is InChI=1S/C18H20N6O/c19-7-13-1-2-18-22-9-15(24(18)11-13)8-21-16-5-14(6-17(16)25)10-23-4-3-20-12-23/h1-4,9,11-12,14,16-17,21,25H,5-6,8,10H2/t14?,16-,17-/m1/s1. The first-order valence-corrected chi connectivity index (χ1v) is 8.46. The number of aliphatic hydroxyl groups excluding tert-OH is 1. The van der Waals surface area contributed by atoms with Crippen molar-refractivity contribution in [3.63, 3.8) is 0 Å². The van der Waals surface area contributed by atoms with E-state index in [2.05, 4.69) is 25.9 Å². The molecule has 3 aromatic heterocycles. The van der Waals surface area contributed by atoms with E-state index >= 15 is 0 Å². The summed E-state index contributed by atoms with van der Waals surface area (Å²) in [5.74, 6) is 0.439. The molecule has 0 aromatic carbocycles. The third-order valence-corrected chi connectivity index (χ3v) is 4.91. The van der Waals surface area contributed by atoms with Crippen LogP contribution in [0, 0.1) is 17.2 Å². The maximum Gasteiger partial charge on any atom is 0.137 e. The molecule has 25 heavy (non-hydrogen) atoms. The average Bonchev–Trinajstić information content (AvgIpc) is 3.34. The van der Waals surface area contributed by atoms with E-state index in [4.69, 9.17) is 5.26 Å². The maximum atomic E-state index is 10.4. The van der Waals surface area contributed by atoms with Crippen LogP contribution in [0.2, 0.25) is 0 Å². The van der Waals surface area contributed by atoms with E-state index in [9.17, 15) is 5.11 Å². The van der Waals surface area contributed by atoms with Gasteiger partial charge in [-0.25, -0.2) is 9.97 Å². The molecule has 4 rings (SSSR count). The second kappa shape index (κ2) is 6.67. The lowest BCUT2D eigenvalue weighted by Gasteiger charge is -2.16. The molecule has 0 saturated heterocycles. The van der Waals surface area contributed by atoms with Gasteiger partial charge in [-0.2, -0.15) is 5.26 Å². The van der Waals surface area contributed by atoms with Crippen molar-refractivity contribution in [3.05, 3.63) is 54.5 Å². The van der Waals surface area contributed by atoms with E-state index in [-0.39, 0.29) is 12.1 Å². The predicted octanol–water partition coefficient (Wildman–Crippen LogP) is 1.33. The van der Waals surface area contributed by atoms with Crippen LogP contribution in [0.5, 0.6) is 0 Å². The Morgan fingerprint density at radius 3 is 3.08 bits per heavy atom. The zero-order valence-corrected chi connectivity index (χ0v) is 13.8. The molecule has 0 amide bonds. The Morgan fingerprint density at radius 1 is 1.36 bits per heavy atom. The summed E-state index contributed by atoms with van der Waals surface area (Å²) in [5.41, 5.74) is 2.41. The van der Waals surface area contributed by atoms with E-state index in [0.717, 1.165) is 30.7 Å². The van der Waals surface area contributed by atoms with Crippen molar-refractivity contribution in [2.24, 2.45) is 5.92 Å². The van der Waals surface area contributed by atoms with Gasteiger partial charge in [0.2, 0.25) is 0 Å². The van der Waals surface area contributed by atoms with Gasteiger partial charge >= 0.3 is 0 Å². The molecule has 3 heterocycles. The zero-order valence-electron chi connectivity index (χ0n) is 13.8. The van der Waals surface area contributed by atoms with Gasteiger partial charge in [-0.3, -0.25) is 0 Å². The Labute approximate surface area is 145 Å². The molecule has 0 spiro atoms. The Kier molecular flexibility index (Phi) is 4.22. The first kappa shape index (κ1) is 15.8. The van der Waals surface area contributed by atoms with Crippen LogP contribution in [0.15, 0.2) is 43.2 Å². The van der Waals surface area contributed by atoms with Crippen molar-refractivity contribution in [3.8, 4) is 6.07 Å². The van der Waals surface area contributed by atoms with Crippen LogP contribution in [0.3, 0.4) is 0 Å². The summed E-state index contributed by atoms with van der Waals surface area (Å²) in [5, 5.41) is 22.9. The number of nitrogens with zero attached hydrogens (tertiary/aromatic N) is 5. The first-order chi connectivity index (χ1) is 12.2. The third-order valence-electron chi connectivity index (χ3n) is 4.91. The van der Waals surface area contributed by atoms with Gasteiger partial charge in [-0.15, -0.1) is 0 Å². The van der Waals surface area contributed by atoms with Crippen molar-refractivity contribution >= 4 is 5.65 Å². The molecule has 3 aromatic rings. The highest BCUT2D eigenvalue weighted by Gasteiger charge is 2.32. The molecule has 1 unspecified atom stereocenters. The lowest BCUT2D eigenvalue weighted by Crippen LogP contribution is -2.35. The minimum atomic E-state index is -0.345. The van der Waals surface area contributed by atoms with Crippen molar-refractivity contribution in [1.82, 2.24) is 24.3 Å². The minimum Gasteiger partial charge on any atom is -0.391 e. The number of imidazole rings is 2. The van der Waals surface area contributed by atoms with Crippen molar-refractivity contribution in [2.45, 2.75) is 38.1 Å². The molecule has 1 saturated carbocycles. The molecule has 1 aliphatic rings. The van der Waals surface area contributed by atoms with Crippen molar-refractivity contribution in [2.75, 3.05) is 0 Å². The quantitative estimate of drug-likeness (QED) is 0.733. The largest absolute Gasteiger partial charge is 0.391 e. The predicted molar refractivity (Wildman–Crippen MR) is 91.5 cm³/mol. The number of aliphatic hydroxyl groups is 1. The maximum absolute atomic E-state index is 10.4. The number of hydrogen-bond donors (Lipinski definition) is 2. The van der Waals surface area contributed by atoms with Crippen LogP contribution in [0.4, 0.5) is 0 Å². The van der Waals surface area contributed by atoms with Gasteiger partial charge in [0.15, 0.2) is 0 Å². The molecule has 0 bridgehead atoms. The Bertz CT molecular complexity index is 894. The Morgan fingerprint density at radius 2 is 2.28 bits per heavy atom. The summed E-state index contributed by atoms with van der Waals surface area (Å²) in [6.45, 7) is 1.49. The molecule has 2 N–H and O–H groups in total. The molecule has 7 heteroatoms. The minimum absolute atomic E-state index is 0.0678. The monoisotopic (exact) mass is 336 g/mol. The molecular formula is C18H20N6O.